The van der Waals surface area contributed by atoms with Crippen molar-refractivity contribution in [3.8, 4) is 22.9 Å². The predicted molar refractivity (Wildman–Crippen MR) is 195 cm³/mol. The van der Waals surface area contributed by atoms with Gasteiger partial charge in [0, 0.05) is 53.4 Å². The lowest BCUT2D eigenvalue weighted by Crippen LogP contribution is -2.06. The highest BCUT2D eigenvalue weighted by atomic mass is 32.2. The van der Waals surface area contributed by atoms with Crippen molar-refractivity contribution in [3.05, 3.63) is 146 Å². The third-order valence-corrected chi connectivity index (χ3v) is 10.8. The van der Waals surface area contributed by atoms with Crippen molar-refractivity contribution in [1.29, 1.82) is 0 Å². The van der Waals surface area contributed by atoms with Crippen LogP contribution in [0.1, 0.15) is 0 Å². The molecule has 0 N–H and O–H groups in total. The zero-order valence-electron chi connectivity index (χ0n) is 25.1. The predicted octanol–water partition coefficient (Wildman–Crippen LogP) is 11.1. The van der Waals surface area contributed by atoms with Gasteiger partial charge in [0.15, 0.2) is 0 Å². The van der Waals surface area contributed by atoms with Gasteiger partial charge in [-0.1, -0.05) is 115 Å². The molecule has 0 radical (unpaired) electrons. The molecule has 1 aliphatic heterocycles. The van der Waals surface area contributed by atoms with Gasteiger partial charge in [0.2, 0.25) is 5.95 Å². The van der Waals surface area contributed by atoms with Crippen LogP contribution in [0.4, 0.5) is 0 Å². The largest absolute Gasteiger partial charge is 0.309 e. The fraction of sp³-hybridized carbons (Fsp3) is 0. The van der Waals surface area contributed by atoms with Crippen LogP contribution in [0, 0.1) is 0 Å². The highest BCUT2D eigenvalue weighted by Gasteiger charge is 2.27. The first-order chi connectivity index (χ1) is 23.3. The second kappa shape index (κ2) is 9.32. The molecular weight excluding hydrogens is 593 g/mol. The lowest BCUT2D eigenvalue weighted by molar-refractivity contribution is 1.01. The molecule has 0 saturated carbocycles. The Morgan fingerprint density at radius 3 is 1.89 bits per heavy atom. The Balaban J connectivity index is 1.41. The minimum atomic E-state index is 0.686. The molecule has 10 aromatic rings. The number of nitrogens with zero attached hydrogens (tertiary/aromatic N) is 4. The molecule has 0 bridgehead atoms. The van der Waals surface area contributed by atoms with Crippen LogP contribution in [0.15, 0.2) is 155 Å². The number of para-hydroxylation sites is 3. The highest BCUT2D eigenvalue weighted by molar-refractivity contribution is 7.99. The molecule has 0 fully saturated rings. The quantitative estimate of drug-likeness (QED) is 0.194. The van der Waals surface area contributed by atoms with E-state index in [1.807, 2.05) is 0 Å². The molecule has 3 aromatic heterocycles. The van der Waals surface area contributed by atoms with Crippen molar-refractivity contribution in [2.24, 2.45) is 0 Å². The van der Waals surface area contributed by atoms with E-state index in [2.05, 4.69) is 155 Å². The zero-order valence-corrected chi connectivity index (χ0v) is 25.9. The molecule has 47 heavy (non-hydrogen) atoms. The first-order valence-electron chi connectivity index (χ1n) is 15.9. The Bertz CT molecular complexity index is 2940. The van der Waals surface area contributed by atoms with Crippen LogP contribution < -0.4 is 0 Å². The summed E-state index contributed by atoms with van der Waals surface area (Å²) in [6.07, 6.45) is 0. The zero-order chi connectivity index (χ0) is 30.6. The summed E-state index contributed by atoms with van der Waals surface area (Å²) in [6.45, 7) is 0. The molecule has 218 valence electrons. The molecule has 0 amide bonds. The first-order valence-corrected chi connectivity index (χ1v) is 16.7. The maximum absolute atomic E-state index is 5.48. The number of hydrogen-bond acceptors (Lipinski definition) is 3. The van der Waals surface area contributed by atoms with Crippen molar-refractivity contribution < 1.29 is 0 Å². The molecule has 0 unspecified atom stereocenters. The van der Waals surface area contributed by atoms with E-state index in [4.69, 9.17) is 9.97 Å². The summed E-state index contributed by atoms with van der Waals surface area (Å²) in [5, 5.41) is 8.39. The normalized spacial score (nSPS) is 12.6. The van der Waals surface area contributed by atoms with Crippen molar-refractivity contribution in [1.82, 2.24) is 19.1 Å². The van der Waals surface area contributed by atoms with Crippen molar-refractivity contribution in [2.75, 3.05) is 0 Å². The van der Waals surface area contributed by atoms with E-state index < -0.39 is 0 Å². The molecule has 0 atom stereocenters. The van der Waals surface area contributed by atoms with Crippen LogP contribution in [-0.2, 0) is 0 Å². The number of hydrogen-bond donors (Lipinski definition) is 0. The summed E-state index contributed by atoms with van der Waals surface area (Å²) in [5.41, 5.74) is 8.83. The van der Waals surface area contributed by atoms with Gasteiger partial charge in [-0.3, -0.25) is 4.57 Å². The van der Waals surface area contributed by atoms with Crippen molar-refractivity contribution in [2.45, 2.75) is 9.79 Å². The topological polar surface area (TPSA) is 35.6 Å². The van der Waals surface area contributed by atoms with Crippen LogP contribution in [0.25, 0.3) is 88.2 Å². The summed E-state index contributed by atoms with van der Waals surface area (Å²) >= 11 is 1.80. The minimum Gasteiger partial charge on any atom is -0.309 e. The third-order valence-electron chi connectivity index (χ3n) is 9.69. The second-order valence-corrected chi connectivity index (χ2v) is 13.2. The van der Waals surface area contributed by atoms with Gasteiger partial charge < -0.3 is 4.57 Å². The van der Waals surface area contributed by atoms with E-state index in [1.165, 1.54) is 53.1 Å². The number of fused-ring (bicyclic) bond motifs is 12. The molecule has 1 aliphatic rings. The lowest BCUT2D eigenvalue weighted by Gasteiger charge is -2.20. The van der Waals surface area contributed by atoms with Gasteiger partial charge in [-0.2, -0.15) is 0 Å². The Hall–Kier alpha value is -5.91. The average molecular weight is 617 g/mol. The van der Waals surface area contributed by atoms with Gasteiger partial charge in [-0.25, -0.2) is 9.97 Å². The molecule has 4 heterocycles. The average Bonchev–Trinajstić information content (AvgIpc) is 3.66. The van der Waals surface area contributed by atoms with E-state index in [9.17, 15) is 0 Å². The molecule has 4 nitrogen and oxygen atoms in total. The molecule has 7 aromatic carbocycles. The Labute approximate surface area is 273 Å². The number of rotatable bonds is 2. The van der Waals surface area contributed by atoms with Crippen molar-refractivity contribution in [3.63, 3.8) is 0 Å². The molecule has 0 saturated heterocycles. The van der Waals surface area contributed by atoms with Crippen LogP contribution in [0.3, 0.4) is 0 Å². The number of aromatic nitrogens is 4. The Morgan fingerprint density at radius 1 is 0.426 bits per heavy atom. The van der Waals surface area contributed by atoms with E-state index in [0.717, 1.165) is 38.9 Å². The Kier molecular flexibility index (Phi) is 5.02. The lowest BCUT2D eigenvalue weighted by atomic mass is 9.99. The van der Waals surface area contributed by atoms with Crippen LogP contribution in [0.5, 0.6) is 0 Å². The van der Waals surface area contributed by atoms with Crippen LogP contribution in [-0.4, -0.2) is 19.1 Å². The van der Waals surface area contributed by atoms with Gasteiger partial charge in [0.25, 0.3) is 0 Å². The van der Waals surface area contributed by atoms with Gasteiger partial charge in [-0.05, 0) is 47.9 Å². The van der Waals surface area contributed by atoms with Crippen LogP contribution in [0.2, 0.25) is 0 Å². The van der Waals surface area contributed by atoms with E-state index in [-0.39, 0.29) is 0 Å². The number of benzene rings is 7. The summed E-state index contributed by atoms with van der Waals surface area (Å²) in [4.78, 5) is 13.3. The fourth-order valence-electron chi connectivity index (χ4n) is 7.83. The van der Waals surface area contributed by atoms with E-state index in [1.54, 1.807) is 11.8 Å². The summed E-state index contributed by atoms with van der Waals surface area (Å²) in [6, 6.07) is 52.1. The van der Waals surface area contributed by atoms with Gasteiger partial charge in [0.05, 0.1) is 33.3 Å². The van der Waals surface area contributed by atoms with E-state index in [0.29, 0.717) is 5.95 Å². The van der Waals surface area contributed by atoms with E-state index >= 15 is 0 Å². The second-order valence-electron chi connectivity index (χ2n) is 12.2. The van der Waals surface area contributed by atoms with Gasteiger partial charge >= 0.3 is 0 Å². The molecule has 11 rings (SSSR count). The first kappa shape index (κ1) is 25.3. The fourth-order valence-corrected chi connectivity index (χ4v) is 8.94. The summed E-state index contributed by atoms with van der Waals surface area (Å²) in [5.74, 6) is 0.686. The Morgan fingerprint density at radius 2 is 1.06 bits per heavy atom. The van der Waals surface area contributed by atoms with Gasteiger partial charge in [-0.15, -0.1) is 0 Å². The summed E-state index contributed by atoms with van der Waals surface area (Å²) < 4.78 is 4.76. The maximum Gasteiger partial charge on any atom is 0.235 e. The molecule has 0 aliphatic carbocycles. The monoisotopic (exact) mass is 616 g/mol. The van der Waals surface area contributed by atoms with Crippen LogP contribution >= 0.6 is 11.8 Å². The molecule has 5 heteroatoms. The molecule has 0 spiro atoms. The smallest absolute Gasteiger partial charge is 0.235 e. The van der Waals surface area contributed by atoms with Crippen molar-refractivity contribution >= 4 is 77.0 Å². The molecular formula is C42H24N4S. The summed E-state index contributed by atoms with van der Waals surface area (Å²) in [7, 11) is 0. The maximum atomic E-state index is 5.48. The third kappa shape index (κ3) is 3.33. The SMILES string of the molecule is c1ccc(-n2c3ccccc3c3c2c2ccccc2c2c4ccccc4n(-c4nc5c6c(cccc6n4)Sc4ccccc4-5)c23)cc1. The highest BCUT2D eigenvalue weighted by Crippen LogP contribution is 2.49. The van der Waals surface area contributed by atoms with Gasteiger partial charge in [0.1, 0.15) is 0 Å². The standard InChI is InChI=1S/C42H24N4S/c1-2-13-25(14-3-1)45-32-21-9-7-18-29(32)37-40(45)27-16-5-4-15-26(27)36-28-17-6-10-22-33(28)46(41(36)37)42-43-31-20-12-24-35-38(31)39(44-42)30-19-8-11-23-34(30)47-35/h1-24H. The minimum absolute atomic E-state index is 0.686.